The van der Waals surface area contributed by atoms with Crippen LogP contribution in [0.1, 0.15) is 49.3 Å². The molecular formula is C26H31N3O2. The van der Waals surface area contributed by atoms with Gasteiger partial charge in [0.1, 0.15) is 6.54 Å². The summed E-state index contributed by atoms with van der Waals surface area (Å²) in [5.41, 5.74) is 6.03. The molecule has 0 bridgehead atoms. The zero-order valence-corrected chi connectivity index (χ0v) is 18.6. The molecule has 0 spiro atoms. The molecule has 5 nitrogen and oxygen atoms in total. The lowest BCUT2D eigenvalue weighted by molar-refractivity contribution is -0.125. The number of nitrogens with zero attached hydrogens (tertiary/aromatic N) is 2. The number of carbonyl (C=O) groups excluding carboxylic acids is 2. The van der Waals surface area contributed by atoms with Gasteiger partial charge in [-0.25, -0.2) is 0 Å². The van der Waals surface area contributed by atoms with Gasteiger partial charge in [0.25, 0.3) is 0 Å². The van der Waals surface area contributed by atoms with Gasteiger partial charge in [-0.15, -0.1) is 0 Å². The second-order valence-corrected chi connectivity index (χ2v) is 8.89. The number of aryl methyl sites for hydroxylation is 3. The summed E-state index contributed by atoms with van der Waals surface area (Å²) < 4.78 is 0. The minimum absolute atomic E-state index is 0.00495. The van der Waals surface area contributed by atoms with Crippen molar-refractivity contribution >= 4 is 28.9 Å². The first-order valence-corrected chi connectivity index (χ1v) is 11.3. The van der Waals surface area contributed by atoms with E-state index in [2.05, 4.69) is 24.4 Å². The van der Waals surface area contributed by atoms with Crippen LogP contribution in [0.2, 0.25) is 0 Å². The number of anilines is 1. The molecule has 1 fully saturated rings. The molecule has 2 aromatic rings. The molecule has 0 saturated heterocycles. The van der Waals surface area contributed by atoms with Crippen LogP contribution in [0, 0.1) is 19.8 Å². The molecule has 2 atom stereocenters. The highest BCUT2D eigenvalue weighted by atomic mass is 16.2. The molecule has 2 aromatic carbocycles. The fourth-order valence-corrected chi connectivity index (χ4v) is 4.51. The quantitative estimate of drug-likeness (QED) is 0.743. The lowest BCUT2D eigenvalue weighted by Gasteiger charge is -2.26. The van der Waals surface area contributed by atoms with Gasteiger partial charge in [-0.3, -0.25) is 14.6 Å². The maximum Gasteiger partial charge on any atom is 0.240 e. The molecule has 1 aliphatic carbocycles. The molecule has 0 radical (unpaired) electrons. The van der Waals surface area contributed by atoms with Crippen molar-refractivity contribution in [3.05, 3.63) is 59.2 Å². The second kappa shape index (κ2) is 9.04. The lowest BCUT2D eigenvalue weighted by atomic mass is 10.0. The molecule has 2 unspecified atom stereocenters. The van der Waals surface area contributed by atoms with Gasteiger partial charge in [-0.1, -0.05) is 30.3 Å². The van der Waals surface area contributed by atoms with Crippen LogP contribution in [0.4, 0.5) is 11.4 Å². The van der Waals surface area contributed by atoms with Gasteiger partial charge in [0.2, 0.25) is 11.8 Å². The summed E-state index contributed by atoms with van der Waals surface area (Å²) in [4.78, 5) is 32.8. The van der Waals surface area contributed by atoms with Crippen LogP contribution in [-0.2, 0) is 16.0 Å². The van der Waals surface area contributed by atoms with Crippen molar-refractivity contribution < 1.29 is 9.59 Å². The minimum Gasteiger partial charge on any atom is -0.352 e. The zero-order chi connectivity index (χ0) is 22.0. The summed E-state index contributed by atoms with van der Waals surface area (Å²) in [5, 5.41) is 3.08. The summed E-state index contributed by atoms with van der Waals surface area (Å²) in [6, 6.07) is 14.4. The Morgan fingerprint density at radius 2 is 1.94 bits per heavy atom. The summed E-state index contributed by atoms with van der Waals surface area (Å²) >= 11 is 0. The number of rotatable bonds is 6. The van der Waals surface area contributed by atoms with Crippen LogP contribution in [-0.4, -0.2) is 30.1 Å². The van der Waals surface area contributed by atoms with Gasteiger partial charge in [0, 0.05) is 11.8 Å². The number of benzene rings is 2. The van der Waals surface area contributed by atoms with E-state index < -0.39 is 0 Å². The third-order valence-electron chi connectivity index (χ3n) is 6.46. The van der Waals surface area contributed by atoms with E-state index in [1.54, 1.807) is 4.90 Å². The lowest BCUT2D eigenvalue weighted by Crippen LogP contribution is -2.45. The number of aliphatic imine (C=N–C) groups is 1. The van der Waals surface area contributed by atoms with Crippen LogP contribution < -0.4 is 10.2 Å². The fourth-order valence-electron chi connectivity index (χ4n) is 4.51. The highest BCUT2D eigenvalue weighted by Crippen LogP contribution is 2.39. The van der Waals surface area contributed by atoms with Crippen LogP contribution in [0.15, 0.2) is 47.5 Å². The van der Waals surface area contributed by atoms with E-state index in [1.165, 1.54) is 5.56 Å². The van der Waals surface area contributed by atoms with E-state index in [0.717, 1.165) is 60.3 Å². The van der Waals surface area contributed by atoms with Crippen LogP contribution in [0.3, 0.4) is 0 Å². The highest BCUT2D eigenvalue weighted by molar-refractivity contribution is 6.16. The number of fused-ring (bicyclic) bond motifs is 2. The highest BCUT2D eigenvalue weighted by Gasteiger charge is 2.37. The molecule has 1 aliphatic heterocycles. The Balaban J connectivity index is 1.48. The summed E-state index contributed by atoms with van der Waals surface area (Å²) in [6.45, 7) is 6.14. The first-order chi connectivity index (χ1) is 14.9. The van der Waals surface area contributed by atoms with Gasteiger partial charge in [0.05, 0.1) is 17.3 Å². The molecule has 162 valence electrons. The molecule has 1 N–H and O–H groups in total. The van der Waals surface area contributed by atoms with E-state index in [-0.39, 0.29) is 30.3 Å². The SMILES string of the molecule is Cc1cc2c(cc1C)N(CC(=O)NC(C)CCc1ccccc1)C(=O)C1CCCC1=N2. The number of nitrogens with one attached hydrogen (secondary N) is 1. The zero-order valence-electron chi connectivity index (χ0n) is 18.6. The molecule has 1 heterocycles. The molecule has 4 rings (SSSR count). The van der Waals surface area contributed by atoms with Gasteiger partial charge in [-0.05, 0) is 81.7 Å². The molecule has 1 saturated carbocycles. The standard InChI is InChI=1S/C26H31N3O2/c1-17-14-23-24(15-18(17)2)29(26(31)21-10-7-11-22(21)28-23)16-25(30)27-19(3)12-13-20-8-5-4-6-9-20/h4-6,8-9,14-15,19,21H,7,10-13,16H2,1-3H3,(H,27,30). The van der Waals surface area contributed by atoms with Crippen molar-refractivity contribution in [3.63, 3.8) is 0 Å². The normalized spacial score (nSPS) is 18.7. The Labute approximate surface area is 184 Å². The van der Waals surface area contributed by atoms with E-state index in [4.69, 9.17) is 4.99 Å². The Morgan fingerprint density at radius 1 is 1.19 bits per heavy atom. The van der Waals surface area contributed by atoms with Crippen molar-refractivity contribution in [2.45, 2.75) is 58.9 Å². The smallest absolute Gasteiger partial charge is 0.240 e. The van der Waals surface area contributed by atoms with Gasteiger partial charge < -0.3 is 10.2 Å². The molecule has 31 heavy (non-hydrogen) atoms. The van der Waals surface area contributed by atoms with Crippen LogP contribution in [0.5, 0.6) is 0 Å². The first-order valence-electron chi connectivity index (χ1n) is 11.3. The van der Waals surface area contributed by atoms with Crippen molar-refractivity contribution in [3.8, 4) is 0 Å². The first kappa shape index (κ1) is 21.3. The van der Waals surface area contributed by atoms with E-state index in [0.29, 0.717) is 0 Å². The Bertz CT molecular complexity index is 1010. The average Bonchev–Trinajstić information content (AvgIpc) is 3.18. The maximum atomic E-state index is 13.4. The molecular weight excluding hydrogens is 386 g/mol. The van der Waals surface area contributed by atoms with Crippen molar-refractivity contribution in [1.82, 2.24) is 5.32 Å². The number of hydrogen-bond acceptors (Lipinski definition) is 3. The maximum absolute atomic E-state index is 13.4. The van der Waals surface area contributed by atoms with Gasteiger partial charge in [0.15, 0.2) is 0 Å². The number of amides is 2. The van der Waals surface area contributed by atoms with Crippen molar-refractivity contribution in [2.75, 3.05) is 11.4 Å². The third kappa shape index (κ3) is 4.71. The topological polar surface area (TPSA) is 61.8 Å². The average molecular weight is 418 g/mol. The Kier molecular flexibility index (Phi) is 6.21. The monoisotopic (exact) mass is 417 g/mol. The summed E-state index contributed by atoms with van der Waals surface area (Å²) in [5.74, 6) is -0.318. The Hall–Kier alpha value is -2.95. The number of carbonyl (C=O) groups is 2. The molecule has 0 aromatic heterocycles. The number of hydrogen-bond donors (Lipinski definition) is 1. The summed E-state index contributed by atoms with van der Waals surface area (Å²) in [6.07, 6.45) is 4.42. The molecule has 2 amide bonds. The van der Waals surface area contributed by atoms with Crippen molar-refractivity contribution in [2.24, 2.45) is 10.9 Å². The molecule has 5 heteroatoms. The largest absolute Gasteiger partial charge is 0.352 e. The fraction of sp³-hybridized carbons (Fsp3) is 0.423. The molecule has 2 aliphatic rings. The summed E-state index contributed by atoms with van der Waals surface area (Å²) in [7, 11) is 0. The van der Waals surface area contributed by atoms with E-state index >= 15 is 0 Å². The van der Waals surface area contributed by atoms with Gasteiger partial charge >= 0.3 is 0 Å². The second-order valence-electron chi connectivity index (χ2n) is 8.89. The predicted molar refractivity (Wildman–Crippen MR) is 125 cm³/mol. The van der Waals surface area contributed by atoms with Crippen LogP contribution in [0.25, 0.3) is 0 Å². The van der Waals surface area contributed by atoms with Gasteiger partial charge in [-0.2, -0.15) is 0 Å². The van der Waals surface area contributed by atoms with E-state index in [9.17, 15) is 9.59 Å². The third-order valence-corrected chi connectivity index (χ3v) is 6.46. The van der Waals surface area contributed by atoms with Crippen LogP contribution >= 0.6 is 0 Å². The van der Waals surface area contributed by atoms with E-state index in [1.807, 2.05) is 44.2 Å². The predicted octanol–water partition coefficient (Wildman–Crippen LogP) is 4.66. The minimum atomic E-state index is -0.198. The van der Waals surface area contributed by atoms with Crippen molar-refractivity contribution in [1.29, 1.82) is 0 Å². The Morgan fingerprint density at radius 3 is 2.71 bits per heavy atom.